The van der Waals surface area contributed by atoms with Gasteiger partial charge in [0.05, 0.1) is 4.88 Å². The summed E-state index contributed by atoms with van der Waals surface area (Å²) >= 11 is 0.840. The van der Waals surface area contributed by atoms with Crippen LogP contribution in [0.2, 0.25) is 0 Å². The molecule has 0 aromatic carbocycles. The van der Waals surface area contributed by atoms with Gasteiger partial charge in [-0.05, 0) is 38.5 Å². The highest BCUT2D eigenvalue weighted by molar-refractivity contribution is 7.20. The predicted octanol–water partition coefficient (Wildman–Crippen LogP) is 3.56. The first-order chi connectivity index (χ1) is 11.0. The lowest BCUT2D eigenvalue weighted by Gasteiger charge is -2.24. The number of carboxylic acids is 1. The van der Waals surface area contributed by atoms with Crippen LogP contribution in [0.15, 0.2) is 12.1 Å². The Bertz CT molecular complexity index is 799. The molecule has 1 N–H and O–H groups in total. The van der Waals surface area contributed by atoms with Gasteiger partial charge in [-0.25, -0.2) is 4.98 Å². The van der Waals surface area contributed by atoms with E-state index in [1.807, 2.05) is 0 Å². The molecule has 0 aliphatic rings. The fraction of sp³-hybridized carbons (Fsp3) is 0.400. The van der Waals surface area contributed by atoms with E-state index in [1.54, 1.807) is 20.8 Å². The quantitative estimate of drug-likeness (QED) is 0.905. The fourth-order valence-electron chi connectivity index (χ4n) is 2.23. The molecule has 0 unspecified atom stereocenters. The maximum Gasteiger partial charge on any atom is 0.433 e. The van der Waals surface area contributed by atoms with Crippen LogP contribution in [0.1, 0.15) is 34.8 Å². The largest absolute Gasteiger partial charge is 0.480 e. The van der Waals surface area contributed by atoms with Gasteiger partial charge < -0.3 is 10.0 Å². The van der Waals surface area contributed by atoms with Crippen molar-refractivity contribution in [2.75, 3.05) is 6.54 Å². The summed E-state index contributed by atoms with van der Waals surface area (Å²) < 4.78 is 38.3. The number of thiophene rings is 1. The van der Waals surface area contributed by atoms with E-state index in [1.165, 1.54) is 6.07 Å². The van der Waals surface area contributed by atoms with Crippen molar-refractivity contribution in [3.05, 3.63) is 28.3 Å². The number of amides is 1. The zero-order chi connectivity index (χ0) is 18.2. The molecule has 0 fully saturated rings. The molecular weight excluding hydrogens is 345 g/mol. The molecule has 1 amide bonds. The van der Waals surface area contributed by atoms with E-state index in [-0.39, 0.29) is 15.7 Å². The standard InChI is InChI=1S/C15H15F3N2O3S/c1-7(2)20(6-11(21)22)14(23)12-8(3)9-4-5-10(15(16,17)18)19-13(9)24-12/h4-5,7H,6H2,1-3H3,(H,21,22). The SMILES string of the molecule is Cc1c(C(=O)N(CC(=O)O)C(C)C)sc2nc(C(F)(F)F)ccc12. The average Bonchev–Trinajstić information content (AvgIpc) is 2.79. The molecule has 0 aliphatic carbocycles. The number of pyridine rings is 1. The number of carboxylic acid groups (broad SMARTS) is 1. The second-order valence-corrected chi connectivity index (χ2v) is 6.52. The van der Waals surface area contributed by atoms with Gasteiger partial charge in [0.25, 0.3) is 5.91 Å². The Morgan fingerprint density at radius 2 is 1.96 bits per heavy atom. The lowest BCUT2D eigenvalue weighted by Crippen LogP contribution is -2.40. The number of rotatable bonds is 4. The topological polar surface area (TPSA) is 70.5 Å². The lowest BCUT2D eigenvalue weighted by atomic mass is 10.1. The smallest absolute Gasteiger partial charge is 0.433 e. The van der Waals surface area contributed by atoms with Crippen LogP contribution in [-0.2, 0) is 11.0 Å². The first-order valence-corrected chi connectivity index (χ1v) is 7.84. The highest BCUT2D eigenvalue weighted by atomic mass is 32.1. The van der Waals surface area contributed by atoms with Gasteiger partial charge in [-0.1, -0.05) is 0 Å². The summed E-state index contributed by atoms with van der Waals surface area (Å²) in [5, 5.41) is 9.39. The van der Waals surface area contributed by atoms with Gasteiger partial charge in [0.1, 0.15) is 17.1 Å². The van der Waals surface area contributed by atoms with Crippen molar-refractivity contribution in [2.45, 2.75) is 33.0 Å². The second-order valence-electron chi connectivity index (χ2n) is 5.52. The molecule has 5 nitrogen and oxygen atoms in total. The number of nitrogens with zero attached hydrogens (tertiary/aromatic N) is 2. The third-order valence-electron chi connectivity index (χ3n) is 3.48. The van der Waals surface area contributed by atoms with Gasteiger partial charge in [0.15, 0.2) is 0 Å². The first kappa shape index (κ1) is 18.2. The summed E-state index contributed by atoms with van der Waals surface area (Å²) in [4.78, 5) is 28.6. The van der Waals surface area contributed by atoms with Gasteiger partial charge in [-0.15, -0.1) is 11.3 Å². The van der Waals surface area contributed by atoms with E-state index in [9.17, 15) is 22.8 Å². The summed E-state index contributed by atoms with van der Waals surface area (Å²) in [6.45, 7) is 4.47. The van der Waals surface area contributed by atoms with Crippen LogP contribution in [0.4, 0.5) is 13.2 Å². The molecule has 130 valence electrons. The van der Waals surface area contributed by atoms with E-state index in [2.05, 4.69) is 4.98 Å². The van der Waals surface area contributed by atoms with Crippen LogP contribution in [0.3, 0.4) is 0 Å². The van der Waals surface area contributed by atoms with E-state index in [0.29, 0.717) is 10.9 Å². The van der Waals surface area contributed by atoms with Crippen molar-refractivity contribution in [1.82, 2.24) is 9.88 Å². The summed E-state index contributed by atoms with van der Waals surface area (Å²) in [5.41, 5.74) is -0.529. The Kier molecular flexibility index (Phi) is 4.84. The number of aryl methyl sites for hydroxylation is 1. The Labute approximate surface area is 139 Å². The molecule has 2 heterocycles. The second kappa shape index (κ2) is 6.39. The average molecular weight is 360 g/mol. The van der Waals surface area contributed by atoms with Crippen LogP contribution in [0.25, 0.3) is 10.2 Å². The molecule has 24 heavy (non-hydrogen) atoms. The minimum absolute atomic E-state index is 0.102. The van der Waals surface area contributed by atoms with Gasteiger partial charge in [-0.2, -0.15) is 13.2 Å². The first-order valence-electron chi connectivity index (χ1n) is 7.02. The van der Waals surface area contributed by atoms with Gasteiger partial charge in [-0.3, -0.25) is 9.59 Å². The van der Waals surface area contributed by atoms with E-state index in [0.717, 1.165) is 22.3 Å². The molecule has 2 rings (SSSR count). The molecule has 0 atom stereocenters. The van der Waals surface area contributed by atoms with E-state index in [4.69, 9.17) is 5.11 Å². The highest BCUT2D eigenvalue weighted by Gasteiger charge is 2.33. The Balaban J connectivity index is 2.50. The molecular formula is C15H15F3N2O3S. The van der Waals surface area contributed by atoms with Crippen LogP contribution in [0.5, 0.6) is 0 Å². The zero-order valence-corrected chi connectivity index (χ0v) is 14.0. The number of aliphatic carboxylic acids is 1. The van der Waals surface area contributed by atoms with E-state index >= 15 is 0 Å². The van der Waals surface area contributed by atoms with Gasteiger partial charge in [0, 0.05) is 11.4 Å². The minimum atomic E-state index is -4.57. The minimum Gasteiger partial charge on any atom is -0.480 e. The number of hydrogen-bond acceptors (Lipinski definition) is 4. The molecule has 0 spiro atoms. The van der Waals surface area contributed by atoms with Gasteiger partial charge in [0.2, 0.25) is 0 Å². The van der Waals surface area contributed by atoms with Gasteiger partial charge >= 0.3 is 12.1 Å². The highest BCUT2D eigenvalue weighted by Crippen LogP contribution is 2.34. The van der Waals surface area contributed by atoms with Crippen LogP contribution in [0, 0.1) is 6.92 Å². The third-order valence-corrected chi connectivity index (χ3v) is 4.67. The Morgan fingerprint density at radius 1 is 1.33 bits per heavy atom. The van der Waals surface area contributed by atoms with Crippen LogP contribution >= 0.6 is 11.3 Å². The zero-order valence-electron chi connectivity index (χ0n) is 13.1. The number of aromatic nitrogens is 1. The maximum absolute atomic E-state index is 12.8. The molecule has 0 saturated carbocycles. The lowest BCUT2D eigenvalue weighted by molar-refractivity contribution is -0.141. The third kappa shape index (κ3) is 3.50. The molecule has 2 aromatic rings. The molecule has 0 bridgehead atoms. The number of hydrogen-bond donors (Lipinski definition) is 1. The molecule has 0 radical (unpaired) electrons. The maximum atomic E-state index is 12.8. The predicted molar refractivity (Wildman–Crippen MR) is 83.2 cm³/mol. The number of alkyl halides is 3. The summed E-state index contributed by atoms with van der Waals surface area (Å²) in [7, 11) is 0. The Hall–Kier alpha value is -2.16. The summed E-state index contributed by atoms with van der Waals surface area (Å²) in [6, 6.07) is 1.79. The number of carbonyl (C=O) groups excluding carboxylic acids is 1. The molecule has 0 aliphatic heterocycles. The summed E-state index contributed by atoms with van der Waals surface area (Å²) in [5.74, 6) is -1.69. The normalized spacial score (nSPS) is 12.0. The van der Waals surface area contributed by atoms with Crippen LogP contribution < -0.4 is 0 Å². The Morgan fingerprint density at radius 3 is 2.46 bits per heavy atom. The van der Waals surface area contributed by atoms with E-state index < -0.39 is 30.3 Å². The fourth-order valence-corrected chi connectivity index (χ4v) is 3.36. The molecule has 2 aromatic heterocycles. The van der Waals surface area contributed by atoms with Crippen molar-refractivity contribution < 1.29 is 27.9 Å². The summed E-state index contributed by atoms with van der Waals surface area (Å²) in [6.07, 6.45) is -4.57. The van der Waals surface area contributed by atoms with Crippen molar-refractivity contribution in [1.29, 1.82) is 0 Å². The van der Waals surface area contributed by atoms with Crippen molar-refractivity contribution >= 4 is 33.4 Å². The number of carbonyl (C=O) groups is 2. The van der Waals surface area contributed by atoms with Crippen molar-refractivity contribution in [3.8, 4) is 0 Å². The van der Waals surface area contributed by atoms with Crippen molar-refractivity contribution in [3.63, 3.8) is 0 Å². The number of fused-ring (bicyclic) bond motifs is 1. The molecule has 9 heteroatoms. The molecule has 0 saturated heterocycles. The van der Waals surface area contributed by atoms with Crippen LogP contribution in [-0.4, -0.2) is 39.5 Å². The number of halogens is 3. The monoisotopic (exact) mass is 360 g/mol. The van der Waals surface area contributed by atoms with Crippen molar-refractivity contribution in [2.24, 2.45) is 0 Å².